The summed E-state index contributed by atoms with van der Waals surface area (Å²) in [7, 11) is 0. The lowest BCUT2D eigenvalue weighted by Crippen LogP contribution is -2.19. The number of ether oxygens (including phenoxy) is 4. The smallest absolute Gasteiger partial charge is 0.216 e. The first kappa shape index (κ1) is 27.3. The van der Waals surface area contributed by atoms with Crippen LogP contribution in [0.25, 0.3) is 22.2 Å². The van der Waals surface area contributed by atoms with E-state index in [1.165, 1.54) is 0 Å². The Morgan fingerprint density at radius 3 is 2.67 bits per heavy atom. The molecule has 0 saturated carbocycles. The maximum absolute atomic E-state index is 6.55. The van der Waals surface area contributed by atoms with Crippen molar-refractivity contribution in [2.24, 2.45) is 0 Å². The topological polar surface area (TPSA) is 80.5 Å². The molecule has 210 valence electrons. The molecule has 0 spiro atoms. The standard InChI is InChI=1S/C30H32Cl2N4O4/c1-17-12-20(14-34-30(17)40-22-9-11-37-16-22)29-23-13-21(39-19(3)27-24(31)15-33-18(2)28(27)32)7-8-25(23)36(35-29)26-6-4-5-10-38-26/h7-8,12-15,19,22,26H,4-6,9-11,16H2,1-3H3/t19-,22-,26?/m1/s1. The summed E-state index contributed by atoms with van der Waals surface area (Å²) in [4.78, 5) is 8.90. The third kappa shape index (κ3) is 5.38. The van der Waals surface area contributed by atoms with Crippen LogP contribution in [0.2, 0.25) is 10.0 Å². The summed E-state index contributed by atoms with van der Waals surface area (Å²) in [5.74, 6) is 1.30. The van der Waals surface area contributed by atoms with E-state index in [1.807, 2.05) is 49.8 Å². The molecule has 1 unspecified atom stereocenters. The van der Waals surface area contributed by atoms with Crippen LogP contribution >= 0.6 is 23.2 Å². The largest absolute Gasteiger partial charge is 0.486 e. The molecule has 5 heterocycles. The number of fused-ring (bicyclic) bond motifs is 1. The molecule has 3 aromatic heterocycles. The molecular formula is C30H32Cl2N4O4. The van der Waals surface area contributed by atoms with Gasteiger partial charge in [0.25, 0.3) is 0 Å². The minimum Gasteiger partial charge on any atom is -0.486 e. The van der Waals surface area contributed by atoms with Crippen LogP contribution in [-0.4, -0.2) is 45.7 Å². The minimum atomic E-state index is -0.390. The number of benzene rings is 1. The first-order chi connectivity index (χ1) is 19.4. The van der Waals surface area contributed by atoms with Gasteiger partial charge in [0.15, 0.2) is 6.23 Å². The molecule has 2 aliphatic heterocycles. The quantitative estimate of drug-likeness (QED) is 0.224. The number of nitrogens with zero attached hydrogens (tertiary/aromatic N) is 4. The van der Waals surface area contributed by atoms with Crippen molar-refractivity contribution in [2.75, 3.05) is 19.8 Å². The highest BCUT2D eigenvalue weighted by molar-refractivity contribution is 6.36. The highest BCUT2D eigenvalue weighted by Gasteiger charge is 2.24. The van der Waals surface area contributed by atoms with Gasteiger partial charge in [-0.05, 0) is 64.3 Å². The molecule has 2 fully saturated rings. The van der Waals surface area contributed by atoms with Gasteiger partial charge in [-0.3, -0.25) is 4.98 Å². The molecule has 1 aromatic carbocycles. The van der Waals surface area contributed by atoms with Gasteiger partial charge in [-0.1, -0.05) is 23.2 Å². The van der Waals surface area contributed by atoms with E-state index in [2.05, 4.69) is 16.0 Å². The second kappa shape index (κ2) is 11.5. The van der Waals surface area contributed by atoms with Gasteiger partial charge in [0, 0.05) is 47.5 Å². The molecule has 0 amide bonds. The zero-order valence-electron chi connectivity index (χ0n) is 22.8. The van der Waals surface area contributed by atoms with Crippen molar-refractivity contribution in [3.05, 3.63) is 63.5 Å². The summed E-state index contributed by atoms with van der Waals surface area (Å²) in [5.41, 5.74) is 5.04. The van der Waals surface area contributed by atoms with Crippen LogP contribution in [0.1, 0.15) is 61.8 Å². The maximum atomic E-state index is 6.55. The van der Waals surface area contributed by atoms with Gasteiger partial charge < -0.3 is 18.9 Å². The Labute approximate surface area is 243 Å². The van der Waals surface area contributed by atoms with Crippen molar-refractivity contribution in [2.45, 2.75) is 64.9 Å². The zero-order valence-corrected chi connectivity index (χ0v) is 24.3. The SMILES string of the molecule is Cc1cc(-c2nn(C3CCCCO3)c3ccc(O[C@H](C)c4c(Cl)cnc(C)c4Cl)cc23)cnc1O[C@@H]1CCOC1. The number of halogens is 2. The van der Waals surface area contributed by atoms with Crippen LogP contribution in [-0.2, 0) is 9.47 Å². The van der Waals surface area contributed by atoms with Gasteiger partial charge in [0.1, 0.15) is 23.7 Å². The van der Waals surface area contributed by atoms with E-state index in [4.69, 9.17) is 47.2 Å². The van der Waals surface area contributed by atoms with Crippen molar-refractivity contribution in [3.8, 4) is 22.9 Å². The van der Waals surface area contributed by atoms with Gasteiger partial charge >= 0.3 is 0 Å². The highest BCUT2D eigenvalue weighted by Crippen LogP contribution is 2.38. The van der Waals surface area contributed by atoms with Crippen LogP contribution in [0, 0.1) is 13.8 Å². The Bertz CT molecular complexity index is 1530. The predicted octanol–water partition coefficient (Wildman–Crippen LogP) is 7.42. The van der Waals surface area contributed by atoms with Crippen LogP contribution in [0.15, 0.2) is 36.7 Å². The molecule has 6 rings (SSSR count). The summed E-state index contributed by atoms with van der Waals surface area (Å²) in [5, 5.41) is 6.99. The highest BCUT2D eigenvalue weighted by atomic mass is 35.5. The van der Waals surface area contributed by atoms with E-state index >= 15 is 0 Å². The van der Waals surface area contributed by atoms with Crippen LogP contribution in [0.3, 0.4) is 0 Å². The minimum absolute atomic E-state index is 0.0356. The first-order valence-electron chi connectivity index (χ1n) is 13.7. The molecule has 40 heavy (non-hydrogen) atoms. The van der Waals surface area contributed by atoms with Crippen molar-refractivity contribution in [1.29, 1.82) is 0 Å². The van der Waals surface area contributed by atoms with E-state index in [0.717, 1.165) is 66.6 Å². The number of aryl methyl sites for hydroxylation is 2. The molecule has 0 radical (unpaired) electrons. The van der Waals surface area contributed by atoms with Crippen LogP contribution in [0.4, 0.5) is 0 Å². The zero-order chi connectivity index (χ0) is 27.8. The molecule has 8 nitrogen and oxygen atoms in total. The number of hydrogen-bond acceptors (Lipinski definition) is 7. The Kier molecular flexibility index (Phi) is 7.86. The van der Waals surface area contributed by atoms with Crippen molar-refractivity contribution in [1.82, 2.24) is 19.7 Å². The Morgan fingerprint density at radius 2 is 1.93 bits per heavy atom. The van der Waals surface area contributed by atoms with Gasteiger partial charge in [-0.15, -0.1) is 0 Å². The van der Waals surface area contributed by atoms with Crippen molar-refractivity contribution in [3.63, 3.8) is 0 Å². The fourth-order valence-electron chi connectivity index (χ4n) is 5.34. The third-order valence-corrected chi connectivity index (χ3v) is 8.26. The van der Waals surface area contributed by atoms with E-state index in [1.54, 1.807) is 6.20 Å². The van der Waals surface area contributed by atoms with E-state index < -0.39 is 0 Å². The van der Waals surface area contributed by atoms with Crippen molar-refractivity contribution >= 4 is 34.1 Å². The average Bonchev–Trinajstić information content (AvgIpc) is 3.60. The summed E-state index contributed by atoms with van der Waals surface area (Å²) in [6.45, 7) is 7.82. The second-order valence-corrected chi connectivity index (χ2v) is 11.2. The number of rotatable bonds is 7. The second-order valence-electron chi connectivity index (χ2n) is 10.4. The lowest BCUT2D eigenvalue weighted by atomic mass is 10.1. The Balaban J connectivity index is 1.37. The molecular weight excluding hydrogens is 551 g/mol. The Morgan fingerprint density at radius 1 is 1.05 bits per heavy atom. The van der Waals surface area contributed by atoms with Gasteiger partial charge in [-0.2, -0.15) is 5.10 Å². The third-order valence-electron chi connectivity index (χ3n) is 7.48. The van der Waals surface area contributed by atoms with Gasteiger partial charge in [0.05, 0.1) is 34.5 Å². The summed E-state index contributed by atoms with van der Waals surface area (Å²) >= 11 is 13.0. The molecule has 3 atom stereocenters. The lowest BCUT2D eigenvalue weighted by Gasteiger charge is -2.23. The van der Waals surface area contributed by atoms with E-state index in [0.29, 0.717) is 39.5 Å². The fraction of sp³-hybridized carbons (Fsp3) is 0.433. The lowest BCUT2D eigenvalue weighted by molar-refractivity contribution is -0.0365. The molecule has 0 bridgehead atoms. The molecule has 10 heteroatoms. The fourth-order valence-corrected chi connectivity index (χ4v) is 5.99. The summed E-state index contributed by atoms with van der Waals surface area (Å²) < 4.78 is 26.0. The monoisotopic (exact) mass is 582 g/mol. The molecule has 0 aliphatic carbocycles. The summed E-state index contributed by atoms with van der Waals surface area (Å²) in [6, 6.07) is 8.06. The summed E-state index contributed by atoms with van der Waals surface area (Å²) in [6.07, 6.45) is 6.91. The number of aromatic nitrogens is 4. The molecule has 2 aliphatic rings. The first-order valence-corrected chi connectivity index (χ1v) is 14.5. The van der Waals surface area contributed by atoms with Crippen molar-refractivity contribution < 1.29 is 18.9 Å². The normalized spacial score (nSPS) is 20.1. The number of hydrogen-bond donors (Lipinski definition) is 0. The predicted molar refractivity (Wildman–Crippen MR) is 154 cm³/mol. The van der Waals surface area contributed by atoms with E-state index in [-0.39, 0.29) is 18.4 Å². The van der Waals surface area contributed by atoms with E-state index in [9.17, 15) is 0 Å². The van der Waals surface area contributed by atoms with Crippen LogP contribution in [0.5, 0.6) is 11.6 Å². The molecule has 0 N–H and O–H groups in total. The Hall–Kier alpha value is -2.91. The average molecular weight is 584 g/mol. The van der Waals surface area contributed by atoms with Gasteiger partial charge in [0.2, 0.25) is 5.88 Å². The molecule has 4 aromatic rings. The molecule has 2 saturated heterocycles. The number of pyridine rings is 2. The maximum Gasteiger partial charge on any atom is 0.216 e. The van der Waals surface area contributed by atoms with Gasteiger partial charge in [-0.25, -0.2) is 9.67 Å². The van der Waals surface area contributed by atoms with Crippen LogP contribution < -0.4 is 9.47 Å².